The minimum atomic E-state index is 0.291. The van der Waals surface area contributed by atoms with Crippen molar-refractivity contribution in [3.05, 3.63) is 28.5 Å². The Morgan fingerprint density at radius 3 is 2.71 bits per heavy atom. The smallest absolute Gasteiger partial charge is 0.188 e. The second kappa shape index (κ2) is 5.46. The Morgan fingerprint density at radius 2 is 2.05 bits per heavy atom. The minimum Gasteiger partial charge on any atom is -0.309 e. The van der Waals surface area contributed by atoms with Crippen LogP contribution in [0.2, 0.25) is 0 Å². The lowest BCUT2D eigenvalue weighted by atomic mass is 9.76. The van der Waals surface area contributed by atoms with E-state index >= 15 is 0 Å². The second-order valence-corrected chi connectivity index (χ2v) is 7.60. The van der Waals surface area contributed by atoms with E-state index < -0.39 is 0 Å². The molecule has 0 aromatic carbocycles. The van der Waals surface area contributed by atoms with Crippen molar-refractivity contribution >= 4 is 11.3 Å². The van der Waals surface area contributed by atoms with E-state index in [1.54, 1.807) is 11.3 Å². The maximum Gasteiger partial charge on any atom is 0.188 e. The van der Waals surface area contributed by atoms with Crippen LogP contribution < -0.4 is 5.32 Å². The lowest BCUT2D eigenvalue weighted by Crippen LogP contribution is -2.32. The van der Waals surface area contributed by atoms with Crippen molar-refractivity contribution in [2.45, 2.75) is 46.6 Å². The van der Waals surface area contributed by atoms with E-state index in [1.807, 2.05) is 19.3 Å². The molecule has 2 aromatic heterocycles. The van der Waals surface area contributed by atoms with Crippen LogP contribution >= 0.6 is 11.3 Å². The Bertz CT molecular complexity index is 630. The van der Waals surface area contributed by atoms with Gasteiger partial charge in [0.15, 0.2) is 10.8 Å². The Balaban J connectivity index is 1.99. The molecule has 2 aromatic rings. The molecule has 0 amide bonds. The molecular weight excluding hydrogens is 280 g/mol. The summed E-state index contributed by atoms with van der Waals surface area (Å²) in [5, 5.41) is 4.54. The third-order valence-electron chi connectivity index (χ3n) is 3.87. The van der Waals surface area contributed by atoms with Crippen LogP contribution in [0.25, 0.3) is 10.8 Å². The van der Waals surface area contributed by atoms with Gasteiger partial charge in [0, 0.05) is 23.3 Å². The van der Waals surface area contributed by atoms with Crippen molar-refractivity contribution in [2.24, 2.45) is 5.41 Å². The monoisotopic (exact) mass is 302 g/mol. The van der Waals surface area contributed by atoms with E-state index in [2.05, 4.69) is 36.1 Å². The highest BCUT2D eigenvalue weighted by Gasteiger charge is 2.35. The van der Waals surface area contributed by atoms with E-state index in [0.717, 1.165) is 35.8 Å². The first-order chi connectivity index (χ1) is 9.98. The largest absolute Gasteiger partial charge is 0.309 e. The molecule has 0 saturated heterocycles. The van der Waals surface area contributed by atoms with Gasteiger partial charge in [0.2, 0.25) is 0 Å². The van der Waals surface area contributed by atoms with E-state index in [9.17, 15) is 0 Å². The van der Waals surface area contributed by atoms with E-state index in [1.165, 1.54) is 10.6 Å². The van der Waals surface area contributed by atoms with Crippen molar-refractivity contribution in [3.63, 3.8) is 0 Å². The summed E-state index contributed by atoms with van der Waals surface area (Å²) < 4.78 is 0. The molecule has 3 rings (SSSR count). The molecule has 112 valence electrons. The highest BCUT2D eigenvalue weighted by molar-refractivity contribution is 7.15. The topological polar surface area (TPSA) is 50.7 Å². The summed E-state index contributed by atoms with van der Waals surface area (Å²) >= 11 is 1.74. The number of thiazole rings is 1. The third-order valence-corrected chi connectivity index (χ3v) is 5.08. The SMILES string of the molecule is CCNC1CC(C)(C)Cc2nc(-c3ncc(C)cn3)sc21. The standard InChI is InChI=1S/C16H22N4S/c1-5-17-11-6-16(3,4)7-12-13(11)21-15(20-12)14-18-8-10(2)9-19-14/h8-9,11,17H,5-7H2,1-4H3. The van der Waals surface area contributed by atoms with E-state index in [4.69, 9.17) is 4.98 Å². The van der Waals surface area contributed by atoms with Gasteiger partial charge in [-0.2, -0.15) is 0 Å². The van der Waals surface area contributed by atoms with Gasteiger partial charge in [-0.3, -0.25) is 0 Å². The summed E-state index contributed by atoms with van der Waals surface area (Å²) in [6.07, 6.45) is 5.90. The normalized spacial score (nSPS) is 20.3. The average Bonchev–Trinajstić information content (AvgIpc) is 2.82. The number of hydrogen-bond acceptors (Lipinski definition) is 5. The van der Waals surface area contributed by atoms with Crippen LogP contribution in [0.4, 0.5) is 0 Å². The van der Waals surface area contributed by atoms with Crippen LogP contribution in [-0.2, 0) is 6.42 Å². The first-order valence-electron chi connectivity index (χ1n) is 7.50. The minimum absolute atomic E-state index is 0.291. The second-order valence-electron chi connectivity index (χ2n) is 6.57. The zero-order valence-electron chi connectivity index (χ0n) is 13.1. The van der Waals surface area contributed by atoms with Crippen LogP contribution in [0, 0.1) is 12.3 Å². The molecule has 0 saturated carbocycles. The molecule has 4 nitrogen and oxygen atoms in total. The highest BCUT2D eigenvalue weighted by Crippen LogP contribution is 2.44. The van der Waals surface area contributed by atoms with Crippen LogP contribution in [0.15, 0.2) is 12.4 Å². The molecule has 0 radical (unpaired) electrons. The van der Waals surface area contributed by atoms with Crippen molar-refractivity contribution < 1.29 is 0 Å². The van der Waals surface area contributed by atoms with Gasteiger partial charge in [-0.25, -0.2) is 15.0 Å². The first-order valence-corrected chi connectivity index (χ1v) is 8.32. The quantitative estimate of drug-likeness (QED) is 0.942. The van der Waals surface area contributed by atoms with Gasteiger partial charge in [0.25, 0.3) is 0 Å². The van der Waals surface area contributed by atoms with Crippen LogP contribution in [-0.4, -0.2) is 21.5 Å². The maximum absolute atomic E-state index is 4.83. The number of aryl methyl sites for hydroxylation is 1. The Hall–Kier alpha value is -1.33. The maximum atomic E-state index is 4.83. The predicted molar refractivity (Wildman–Crippen MR) is 86.4 cm³/mol. The van der Waals surface area contributed by atoms with Gasteiger partial charge in [-0.1, -0.05) is 20.8 Å². The highest BCUT2D eigenvalue weighted by atomic mass is 32.1. The molecule has 5 heteroatoms. The van der Waals surface area contributed by atoms with Crippen LogP contribution in [0.5, 0.6) is 0 Å². The predicted octanol–water partition coefficient (Wildman–Crippen LogP) is 3.53. The summed E-state index contributed by atoms with van der Waals surface area (Å²) in [7, 11) is 0. The molecule has 0 fully saturated rings. The molecular formula is C16H22N4S. The van der Waals surface area contributed by atoms with Gasteiger partial charge in [-0.15, -0.1) is 11.3 Å². The van der Waals surface area contributed by atoms with Crippen molar-refractivity contribution in [3.8, 4) is 10.8 Å². The fourth-order valence-corrected chi connectivity index (χ4v) is 4.05. The fraction of sp³-hybridized carbons (Fsp3) is 0.562. The van der Waals surface area contributed by atoms with Gasteiger partial charge < -0.3 is 5.32 Å². The summed E-state index contributed by atoms with van der Waals surface area (Å²) in [4.78, 5) is 15.0. The van der Waals surface area contributed by atoms with Crippen molar-refractivity contribution in [1.82, 2.24) is 20.3 Å². The van der Waals surface area contributed by atoms with E-state index in [-0.39, 0.29) is 0 Å². The third kappa shape index (κ3) is 2.99. The van der Waals surface area contributed by atoms with Crippen LogP contribution in [0.3, 0.4) is 0 Å². The number of nitrogens with zero attached hydrogens (tertiary/aromatic N) is 3. The number of nitrogens with one attached hydrogen (secondary N) is 1. The van der Waals surface area contributed by atoms with Crippen molar-refractivity contribution in [1.29, 1.82) is 0 Å². The van der Waals surface area contributed by atoms with E-state index in [0.29, 0.717) is 11.5 Å². The number of fused-ring (bicyclic) bond motifs is 1. The fourth-order valence-electron chi connectivity index (χ4n) is 2.94. The molecule has 1 atom stereocenters. The lowest BCUT2D eigenvalue weighted by Gasteiger charge is -2.34. The van der Waals surface area contributed by atoms with Crippen molar-refractivity contribution in [2.75, 3.05) is 6.54 Å². The van der Waals surface area contributed by atoms with Gasteiger partial charge in [0.05, 0.1) is 5.69 Å². The number of rotatable bonds is 3. The molecule has 1 aliphatic carbocycles. The summed E-state index contributed by atoms with van der Waals surface area (Å²) in [6.45, 7) is 9.78. The van der Waals surface area contributed by atoms with Gasteiger partial charge in [-0.05, 0) is 37.3 Å². The zero-order chi connectivity index (χ0) is 15.0. The molecule has 0 aliphatic heterocycles. The summed E-state index contributed by atoms with van der Waals surface area (Å²) in [5.41, 5.74) is 2.59. The molecule has 1 aliphatic rings. The molecule has 21 heavy (non-hydrogen) atoms. The Labute approximate surface area is 130 Å². The zero-order valence-corrected chi connectivity index (χ0v) is 13.9. The number of hydrogen-bond donors (Lipinski definition) is 1. The molecule has 1 N–H and O–H groups in total. The average molecular weight is 302 g/mol. The van der Waals surface area contributed by atoms with Crippen LogP contribution in [0.1, 0.15) is 49.4 Å². The first kappa shape index (κ1) is 14.6. The Kier molecular flexibility index (Phi) is 3.80. The number of aromatic nitrogens is 3. The molecule has 1 unspecified atom stereocenters. The Morgan fingerprint density at radius 1 is 1.33 bits per heavy atom. The van der Waals surface area contributed by atoms with Gasteiger partial charge in [0.1, 0.15) is 0 Å². The summed E-state index contributed by atoms with van der Waals surface area (Å²) in [6, 6.07) is 0.408. The lowest BCUT2D eigenvalue weighted by molar-refractivity contribution is 0.260. The summed E-state index contributed by atoms with van der Waals surface area (Å²) in [5.74, 6) is 0.744. The molecule has 2 heterocycles. The molecule has 0 spiro atoms. The molecule has 0 bridgehead atoms. The van der Waals surface area contributed by atoms with Gasteiger partial charge >= 0.3 is 0 Å².